The standard InChI is InChI=1S/C14H26F3NO2/c1-2-3-4-5-6-7-8-9-10-18(11-13(19)20)12-14(15,16)17/h2-12H2,1H3,(H,19,20). The smallest absolute Gasteiger partial charge is 0.401 e. The van der Waals surface area contributed by atoms with E-state index >= 15 is 0 Å². The molecule has 0 aliphatic rings. The van der Waals surface area contributed by atoms with Crippen molar-refractivity contribution < 1.29 is 23.1 Å². The first-order chi connectivity index (χ1) is 9.35. The molecule has 120 valence electrons. The highest BCUT2D eigenvalue weighted by Crippen LogP contribution is 2.17. The SMILES string of the molecule is CCCCCCCCCCN(CC(=O)O)CC(F)(F)F. The number of carbonyl (C=O) groups is 1. The Labute approximate surface area is 119 Å². The molecular formula is C14H26F3NO2. The molecule has 0 radical (unpaired) electrons. The zero-order chi connectivity index (χ0) is 15.4. The molecule has 0 fully saturated rings. The van der Waals surface area contributed by atoms with Crippen molar-refractivity contribution in [3.8, 4) is 0 Å². The average molecular weight is 297 g/mol. The Morgan fingerprint density at radius 2 is 1.50 bits per heavy atom. The fourth-order valence-corrected chi connectivity index (χ4v) is 2.13. The fraction of sp³-hybridized carbons (Fsp3) is 0.929. The summed E-state index contributed by atoms with van der Waals surface area (Å²) in [6.45, 7) is 0.657. The van der Waals surface area contributed by atoms with Crippen molar-refractivity contribution in [2.24, 2.45) is 0 Å². The number of carboxylic acids is 1. The Morgan fingerprint density at radius 1 is 1.00 bits per heavy atom. The third-order valence-electron chi connectivity index (χ3n) is 3.09. The van der Waals surface area contributed by atoms with Gasteiger partial charge in [0.15, 0.2) is 0 Å². The van der Waals surface area contributed by atoms with Gasteiger partial charge in [-0.15, -0.1) is 0 Å². The summed E-state index contributed by atoms with van der Waals surface area (Å²) in [7, 11) is 0. The van der Waals surface area contributed by atoms with E-state index in [-0.39, 0.29) is 6.54 Å². The van der Waals surface area contributed by atoms with E-state index in [9.17, 15) is 18.0 Å². The van der Waals surface area contributed by atoms with Crippen LogP contribution in [0.4, 0.5) is 13.2 Å². The third-order valence-corrected chi connectivity index (χ3v) is 3.09. The normalized spacial score (nSPS) is 12.1. The summed E-state index contributed by atoms with van der Waals surface area (Å²) >= 11 is 0. The Kier molecular flexibility index (Phi) is 10.5. The zero-order valence-electron chi connectivity index (χ0n) is 12.2. The van der Waals surface area contributed by atoms with Gasteiger partial charge in [0.2, 0.25) is 0 Å². The molecule has 6 heteroatoms. The minimum Gasteiger partial charge on any atom is -0.480 e. The van der Waals surface area contributed by atoms with Crippen LogP contribution in [0, 0.1) is 0 Å². The van der Waals surface area contributed by atoms with Gasteiger partial charge in [0, 0.05) is 0 Å². The molecule has 0 unspecified atom stereocenters. The number of rotatable bonds is 12. The minimum absolute atomic E-state index is 0.195. The van der Waals surface area contributed by atoms with Crippen LogP contribution in [-0.2, 0) is 4.79 Å². The molecule has 0 aliphatic heterocycles. The largest absolute Gasteiger partial charge is 0.480 e. The van der Waals surface area contributed by atoms with Crippen molar-refractivity contribution in [3.63, 3.8) is 0 Å². The van der Waals surface area contributed by atoms with Crippen LogP contribution >= 0.6 is 0 Å². The zero-order valence-corrected chi connectivity index (χ0v) is 12.2. The van der Waals surface area contributed by atoms with Crippen LogP contribution in [0.2, 0.25) is 0 Å². The summed E-state index contributed by atoms with van der Waals surface area (Å²) in [5.74, 6) is -1.21. The lowest BCUT2D eigenvalue weighted by Gasteiger charge is -2.21. The van der Waals surface area contributed by atoms with Gasteiger partial charge >= 0.3 is 12.1 Å². The molecule has 20 heavy (non-hydrogen) atoms. The summed E-state index contributed by atoms with van der Waals surface area (Å²) in [6, 6.07) is 0. The van der Waals surface area contributed by atoms with Crippen LogP contribution < -0.4 is 0 Å². The number of unbranched alkanes of at least 4 members (excludes halogenated alkanes) is 7. The maximum absolute atomic E-state index is 12.3. The van der Waals surface area contributed by atoms with Gasteiger partial charge in [-0.25, -0.2) is 0 Å². The van der Waals surface area contributed by atoms with Gasteiger partial charge in [0.25, 0.3) is 0 Å². The highest BCUT2D eigenvalue weighted by molar-refractivity contribution is 5.69. The fourth-order valence-electron chi connectivity index (χ4n) is 2.13. The van der Waals surface area contributed by atoms with Crippen LogP contribution in [-0.4, -0.2) is 41.8 Å². The number of aliphatic carboxylic acids is 1. The van der Waals surface area contributed by atoms with E-state index in [1.54, 1.807) is 0 Å². The van der Waals surface area contributed by atoms with Crippen LogP contribution in [0.1, 0.15) is 58.3 Å². The van der Waals surface area contributed by atoms with E-state index in [2.05, 4.69) is 6.92 Å². The second-order valence-corrected chi connectivity index (χ2v) is 5.19. The van der Waals surface area contributed by atoms with Crippen LogP contribution in [0.3, 0.4) is 0 Å². The van der Waals surface area contributed by atoms with Crippen molar-refractivity contribution in [3.05, 3.63) is 0 Å². The number of alkyl halides is 3. The molecule has 0 heterocycles. The summed E-state index contributed by atoms with van der Waals surface area (Å²) in [4.78, 5) is 11.5. The first-order valence-electron chi connectivity index (χ1n) is 7.36. The van der Waals surface area contributed by atoms with Crippen molar-refractivity contribution >= 4 is 5.97 Å². The van der Waals surface area contributed by atoms with E-state index in [1.807, 2.05) is 0 Å². The Bertz CT molecular complexity index is 257. The first-order valence-corrected chi connectivity index (χ1v) is 7.36. The molecule has 0 amide bonds. The molecular weight excluding hydrogens is 271 g/mol. The molecule has 0 aromatic heterocycles. The maximum Gasteiger partial charge on any atom is 0.401 e. The number of hydrogen-bond acceptors (Lipinski definition) is 2. The second-order valence-electron chi connectivity index (χ2n) is 5.19. The Morgan fingerprint density at radius 3 is 1.95 bits per heavy atom. The highest BCUT2D eigenvalue weighted by Gasteiger charge is 2.31. The third kappa shape index (κ3) is 13.6. The van der Waals surface area contributed by atoms with Gasteiger partial charge in [0.1, 0.15) is 0 Å². The Hall–Kier alpha value is -0.780. The predicted molar refractivity (Wildman–Crippen MR) is 72.7 cm³/mol. The first kappa shape index (κ1) is 19.2. The lowest BCUT2D eigenvalue weighted by molar-refractivity contribution is -0.154. The lowest BCUT2D eigenvalue weighted by atomic mass is 10.1. The molecule has 0 aliphatic carbocycles. The molecule has 3 nitrogen and oxygen atoms in total. The molecule has 0 bridgehead atoms. The quantitative estimate of drug-likeness (QED) is 0.552. The van der Waals surface area contributed by atoms with Gasteiger partial charge in [-0.2, -0.15) is 13.2 Å². The van der Waals surface area contributed by atoms with Gasteiger partial charge in [0.05, 0.1) is 13.1 Å². The number of hydrogen-bond donors (Lipinski definition) is 1. The molecule has 0 saturated carbocycles. The van der Waals surface area contributed by atoms with Crippen molar-refractivity contribution in [2.45, 2.75) is 64.5 Å². The van der Waals surface area contributed by atoms with E-state index in [1.165, 1.54) is 25.7 Å². The van der Waals surface area contributed by atoms with Gasteiger partial charge < -0.3 is 5.11 Å². The Balaban J connectivity index is 3.71. The van der Waals surface area contributed by atoms with Gasteiger partial charge in [-0.05, 0) is 13.0 Å². The predicted octanol–water partition coefficient (Wildman–Crippen LogP) is 4.08. The number of halogens is 3. The summed E-state index contributed by atoms with van der Waals surface area (Å²) in [5.41, 5.74) is 0. The van der Waals surface area contributed by atoms with Gasteiger partial charge in [-0.1, -0.05) is 51.9 Å². The van der Waals surface area contributed by atoms with Crippen LogP contribution in [0.15, 0.2) is 0 Å². The molecule has 0 atom stereocenters. The molecule has 0 saturated heterocycles. The average Bonchev–Trinajstić information content (AvgIpc) is 2.29. The number of nitrogens with zero attached hydrogens (tertiary/aromatic N) is 1. The summed E-state index contributed by atoms with van der Waals surface area (Å²) < 4.78 is 36.8. The molecule has 0 aromatic carbocycles. The topological polar surface area (TPSA) is 40.5 Å². The van der Waals surface area contributed by atoms with Crippen molar-refractivity contribution in [1.29, 1.82) is 0 Å². The maximum atomic E-state index is 12.3. The van der Waals surface area contributed by atoms with E-state index in [4.69, 9.17) is 5.11 Å². The van der Waals surface area contributed by atoms with Crippen molar-refractivity contribution in [1.82, 2.24) is 4.90 Å². The number of carboxylic acid groups (broad SMARTS) is 1. The monoisotopic (exact) mass is 297 g/mol. The lowest BCUT2D eigenvalue weighted by Crippen LogP contribution is -2.38. The molecule has 0 rings (SSSR count). The molecule has 0 aromatic rings. The van der Waals surface area contributed by atoms with E-state index in [0.717, 1.165) is 24.2 Å². The molecule has 0 spiro atoms. The van der Waals surface area contributed by atoms with E-state index < -0.39 is 25.2 Å². The van der Waals surface area contributed by atoms with Gasteiger partial charge in [-0.3, -0.25) is 9.69 Å². The summed E-state index contributed by atoms with van der Waals surface area (Å²) in [6.07, 6.45) is 4.09. The highest BCUT2D eigenvalue weighted by atomic mass is 19.4. The summed E-state index contributed by atoms with van der Waals surface area (Å²) in [5, 5.41) is 8.59. The van der Waals surface area contributed by atoms with Crippen molar-refractivity contribution in [2.75, 3.05) is 19.6 Å². The van der Waals surface area contributed by atoms with E-state index in [0.29, 0.717) is 6.42 Å². The van der Waals surface area contributed by atoms with Crippen LogP contribution in [0.5, 0.6) is 0 Å². The second kappa shape index (κ2) is 10.9. The van der Waals surface area contributed by atoms with Crippen LogP contribution in [0.25, 0.3) is 0 Å². The molecule has 1 N–H and O–H groups in total. The minimum atomic E-state index is -4.34.